The van der Waals surface area contributed by atoms with E-state index in [-0.39, 0.29) is 17.7 Å². The van der Waals surface area contributed by atoms with E-state index in [1.54, 1.807) is 45.4 Å². The Morgan fingerprint density at radius 1 is 1.13 bits per heavy atom. The van der Waals surface area contributed by atoms with Crippen molar-refractivity contribution in [1.82, 2.24) is 4.90 Å². The first-order chi connectivity index (χ1) is 14.4. The highest BCUT2D eigenvalue weighted by molar-refractivity contribution is 7.92. The van der Waals surface area contributed by atoms with Crippen LogP contribution >= 0.6 is 0 Å². The SMILES string of the molecule is CCCS(=O)(=O)Nc1cccc(C(=O)N2CCCC2c2ccc(OC)c(OC)c2)c1. The summed E-state index contributed by atoms with van der Waals surface area (Å²) in [5, 5.41) is 0. The minimum absolute atomic E-state index is 0.0404. The molecule has 30 heavy (non-hydrogen) atoms. The van der Waals surface area contributed by atoms with Gasteiger partial charge >= 0.3 is 0 Å². The van der Waals surface area contributed by atoms with Gasteiger partial charge in [-0.2, -0.15) is 0 Å². The molecule has 1 N–H and O–H groups in total. The molecule has 0 aromatic heterocycles. The van der Waals surface area contributed by atoms with Gasteiger partial charge in [0.05, 0.1) is 26.0 Å². The van der Waals surface area contributed by atoms with E-state index >= 15 is 0 Å². The fraction of sp³-hybridized carbons (Fsp3) is 0.409. The number of methoxy groups -OCH3 is 2. The van der Waals surface area contributed by atoms with Gasteiger partial charge in [0.2, 0.25) is 10.0 Å². The molecule has 1 unspecified atom stereocenters. The summed E-state index contributed by atoms with van der Waals surface area (Å²) in [6.07, 6.45) is 2.27. The summed E-state index contributed by atoms with van der Waals surface area (Å²) in [4.78, 5) is 15.1. The van der Waals surface area contributed by atoms with Crippen LogP contribution in [0.4, 0.5) is 5.69 Å². The molecule has 1 aliphatic rings. The smallest absolute Gasteiger partial charge is 0.254 e. The average molecular weight is 433 g/mol. The summed E-state index contributed by atoms with van der Waals surface area (Å²) < 4.78 is 37.4. The molecular formula is C22H28N2O5S. The highest BCUT2D eigenvalue weighted by Crippen LogP contribution is 2.37. The van der Waals surface area contributed by atoms with E-state index in [1.807, 2.05) is 23.1 Å². The number of amides is 1. The number of ether oxygens (including phenoxy) is 2. The minimum atomic E-state index is -3.41. The Morgan fingerprint density at radius 2 is 1.90 bits per heavy atom. The number of hydrogen-bond acceptors (Lipinski definition) is 5. The van der Waals surface area contributed by atoms with E-state index in [4.69, 9.17) is 9.47 Å². The van der Waals surface area contributed by atoms with Crippen LogP contribution in [0.1, 0.15) is 48.1 Å². The zero-order chi connectivity index (χ0) is 21.7. The highest BCUT2D eigenvalue weighted by Gasteiger charge is 2.31. The number of nitrogens with one attached hydrogen (secondary N) is 1. The number of rotatable bonds is 8. The third-order valence-electron chi connectivity index (χ3n) is 5.16. The molecule has 0 saturated carbocycles. The molecule has 1 amide bonds. The van der Waals surface area contributed by atoms with Crippen molar-refractivity contribution in [2.24, 2.45) is 0 Å². The molecule has 0 aliphatic carbocycles. The fourth-order valence-corrected chi connectivity index (χ4v) is 4.92. The highest BCUT2D eigenvalue weighted by atomic mass is 32.2. The first-order valence-electron chi connectivity index (χ1n) is 10.0. The standard InChI is InChI=1S/C22H28N2O5S/c1-4-13-30(26,27)23-18-8-5-7-17(14-18)22(25)24-12-6-9-19(24)16-10-11-20(28-2)21(15-16)29-3/h5,7-8,10-11,14-15,19,23H,4,6,9,12-13H2,1-3H3. The largest absolute Gasteiger partial charge is 0.493 e. The summed E-state index contributed by atoms with van der Waals surface area (Å²) in [7, 11) is -0.239. The number of sulfonamides is 1. The van der Waals surface area contributed by atoms with Gasteiger partial charge in [0.1, 0.15) is 0 Å². The lowest BCUT2D eigenvalue weighted by Crippen LogP contribution is -2.30. The lowest BCUT2D eigenvalue weighted by atomic mass is 10.0. The number of hydrogen-bond donors (Lipinski definition) is 1. The van der Waals surface area contributed by atoms with E-state index in [2.05, 4.69) is 4.72 Å². The maximum absolute atomic E-state index is 13.2. The summed E-state index contributed by atoms with van der Waals surface area (Å²) in [6, 6.07) is 12.3. The predicted molar refractivity (Wildman–Crippen MR) is 117 cm³/mol. The van der Waals surface area contributed by atoms with E-state index in [0.717, 1.165) is 18.4 Å². The molecule has 0 bridgehead atoms. The Hall–Kier alpha value is -2.74. The lowest BCUT2D eigenvalue weighted by Gasteiger charge is -2.26. The molecule has 3 rings (SSSR count). The normalized spacial score (nSPS) is 16.4. The zero-order valence-corrected chi connectivity index (χ0v) is 18.4. The number of nitrogens with zero attached hydrogens (tertiary/aromatic N) is 1. The molecule has 1 fully saturated rings. The van der Waals surface area contributed by atoms with Crippen LogP contribution in [0.2, 0.25) is 0 Å². The van der Waals surface area contributed by atoms with E-state index in [1.165, 1.54) is 0 Å². The first-order valence-corrected chi connectivity index (χ1v) is 11.7. The second-order valence-corrected chi connectivity index (χ2v) is 9.11. The molecule has 162 valence electrons. The Bertz CT molecular complexity index is 1010. The molecular weight excluding hydrogens is 404 g/mol. The van der Waals surface area contributed by atoms with Gasteiger partial charge in [0.15, 0.2) is 11.5 Å². The second kappa shape index (κ2) is 9.38. The van der Waals surface area contributed by atoms with Crippen LogP contribution in [0.25, 0.3) is 0 Å². The van der Waals surface area contributed by atoms with Crippen molar-refractivity contribution >= 4 is 21.6 Å². The number of benzene rings is 2. The maximum atomic E-state index is 13.2. The topological polar surface area (TPSA) is 84.9 Å². The molecule has 2 aromatic rings. The van der Waals surface area contributed by atoms with Gasteiger partial charge in [-0.3, -0.25) is 9.52 Å². The van der Waals surface area contributed by atoms with Gasteiger partial charge in [-0.05, 0) is 55.2 Å². The van der Waals surface area contributed by atoms with Crippen LogP contribution < -0.4 is 14.2 Å². The average Bonchev–Trinajstić information content (AvgIpc) is 3.22. The monoisotopic (exact) mass is 432 g/mol. The maximum Gasteiger partial charge on any atom is 0.254 e. The molecule has 7 nitrogen and oxygen atoms in total. The summed E-state index contributed by atoms with van der Waals surface area (Å²) in [5.74, 6) is 1.19. The Kier molecular flexibility index (Phi) is 6.87. The van der Waals surface area contributed by atoms with Gasteiger partial charge in [0, 0.05) is 17.8 Å². The molecule has 8 heteroatoms. The third kappa shape index (κ3) is 4.87. The van der Waals surface area contributed by atoms with E-state index < -0.39 is 10.0 Å². The molecule has 1 aliphatic heterocycles. The van der Waals surface area contributed by atoms with Crippen LogP contribution in [0.5, 0.6) is 11.5 Å². The second-order valence-electron chi connectivity index (χ2n) is 7.27. The first kappa shape index (κ1) is 22.0. The number of anilines is 1. The molecule has 0 spiro atoms. The third-order valence-corrected chi connectivity index (χ3v) is 6.65. The van der Waals surface area contributed by atoms with Crippen LogP contribution in [0.3, 0.4) is 0 Å². The van der Waals surface area contributed by atoms with Crippen molar-refractivity contribution in [3.8, 4) is 11.5 Å². The van der Waals surface area contributed by atoms with Crippen molar-refractivity contribution < 1.29 is 22.7 Å². The molecule has 2 aromatic carbocycles. The van der Waals surface area contributed by atoms with Crippen molar-refractivity contribution in [2.75, 3.05) is 31.2 Å². The van der Waals surface area contributed by atoms with Crippen molar-refractivity contribution in [1.29, 1.82) is 0 Å². The van der Waals surface area contributed by atoms with Gasteiger partial charge in [-0.15, -0.1) is 0 Å². The molecule has 1 heterocycles. The van der Waals surface area contributed by atoms with Gasteiger partial charge in [-0.25, -0.2) is 8.42 Å². The number of carbonyl (C=O) groups is 1. The van der Waals surface area contributed by atoms with Crippen molar-refractivity contribution in [3.63, 3.8) is 0 Å². The van der Waals surface area contributed by atoms with Crippen LogP contribution in [-0.2, 0) is 10.0 Å². The van der Waals surface area contributed by atoms with Gasteiger partial charge < -0.3 is 14.4 Å². The Balaban J connectivity index is 1.83. The summed E-state index contributed by atoms with van der Waals surface area (Å²) in [6.45, 7) is 2.45. The molecule has 0 radical (unpaired) electrons. The molecule has 1 saturated heterocycles. The quantitative estimate of drug-likeness (QED) is 0.685. The predicted octanol–water partition coefficient (Wildman–Crippen LogP) is 3.83. The van der Waals surface area contributed by atoms with Crippen molar-refractivity contribution in [3.05, 3.63) is 53.6 Å². The lowest BCUT2D eigenvalue weighted by molar-refractivity contribution is 0.0735. The summed E-state index contributed by atoms with van der Waals surface area (Å²) in [5.41, 5.74) is 1.84. The van der Waals surface area contributed by atoms with Crippen molar-refractivity contribution in [2.45, 2.75) is 32.2 Å². The van der Waals surface area contributed by atoms with E-state index in [9.17, 15) is 13.2 Å². The van der Waals surface area contributed by atoms with E-state index in [0.29, 0.717) is 35.7 Å². The number of carbonyl (C=O) groups excluding carboxylic acids is 1. The zero-order valence-electron chi connectivity index (χ0n) is 17.6. The van der Waals surface area contributed by atoms with Gasteiger partial charge in [-0.1, -0.05) is 19.1 Å². The fourth-order valence-electron chi connectivity index (χ4n) is 3.80. The number of likely N-dealkylation sites (tertiary alicyclic amines) is 1. The Labute approximate surface area is 178 Å². The van der Waals surface area contributed by atoms with Crippen LogP contribution in [-0.4, -0.2) is 45.7 Å². The summed E-state index contributed by atoms with van der Waals surface area (Å²) >= 11 is 0. The minimum Gasteiger partial charge on any atom is -0.493 e. The Morgan fingerprint density at radius 3 is 2.60 bits per heavy atom. The van der Waals surface area contributed by atoms with Gasteiger partial charge in [0.25, 0.3) is 5.91 Å². The molecule has 1 atom stereocenters. The van der Waals surface area contributed by atoms with Crippen LogP contribution in [0, 0.1) is 0 Å². The van der Waals surface area contributed by atoms with Crippen LogP contribution in [0.15, 0.2) is 42.5 Å².